The molecule has 0 heterocycles. The molecule has 1 aromatic rings. The first-order valence-corrected chi connectivity index (χ1v) is 7.15. The van der Waals surface area contributed by atoms with Gasteiger partial charge in [0, 0.05) is 24.3 Å². The van der Waals surface area contributed by atoms with Gasteiger partial charge in [-0.15, -0.1) is 0 Å². The fourth-order valence-electron chi connectivity index (χ4n) is 2.37. The van der Waals surface area contributed by atoms with E-state index in [9.17, 15) is 0 Å². The highest BCUT2D eigenvalue weighted by atomic mass is 15.2. The summed E-state index contributed by atoms with van der Waals surface area (Å²) in [6.07, 6.45) is 2.72. The quantitative estimate of drug-likeness (QED) is 0.825. The summed E-state index contributed by atoms with van der Waals surface area (Å²) in [4.78, 5) is 2.58. The number of hydrogen-bond acceptors (Lipinski definition) is 2. The van der Waals surface area contributed by atoms with Gasteiger partial charge in [-0.1, -0.05) is 26.0 Å². The van der Waals surface area contributed by atoms with Gasteiger partial charge >= 0.3 is 0 Å². The predicted octanol–water partition coefficient (Wildman–Crippen LogP) is 3.59. The molecule has 100 valence electrons. The molecular formula is C16H26N2. The fraction of sp³-hybridized carbons (Fsp3) is 0.625. The highest BCUT2D eigenvalue weighted by Crippen LogP contribution is 2.32. The van der Waals surface area contributed by atoms with Gasteiger partial charge < -0.3 is 10.2 Å². The lowest BCUT2D eigenvalue weighted by Crippen LogP contribution is -2.29. The van der Waals surface area contributed by atoms with Crippen molar-refractivity contribution in [1.29, 1.82) is 0 Å². The van der Waals surface area contributed by atoms with Gasteiger partial charge in [0.15, 0.2) is 0 Å². The molecule has 18 heavy (non-hydrogen) atoms. The summed E-state index contributed by atoms with van der Waals surface area (Å²) in [6.45, 7) is 7.97. The van der Waals surface area contributed by atoms with Crippen LogP contribution in [0.15, 0.2) is 24.3 Å². The molecule has 2 rings (SSSR count). The van der Waals surface area contributed by atoms with E-state index in [1.807, 2.05) is 7.05 Å². The summed E-state index contributed by atoms with van der Waals surface area (Å²) in [5.74, 6) is 0.724. The Kier molecular flexibility index (Phi) is 4.28. The smallest absolute Gasteiger partial charge is 0.0369 e. The van der Waals surface area contributed by atoms with Crippen molar-refractivity contribution < 1.29 is 0 Å². The molecule has 1 atom stereocenters. The zero-order chi connectivity index (χ0) is 13.1. The largest absolute Gasteiger partial charge is 0.368 e. The van der Waals surface area contributed by atoms with Crippen molar-refractivity contribution >= 4 is 5.69 Å². The minimum absolute atomic E-state index is 0.429. The number of benzene rings is 1. The Hall–Kier alpha value is -1.02. The molecule has 1 saturated carbocycles. The van der Waals surface area contributed by atoms with Gasteiger partial charge in [0.1, 0.15) is 0 Å². The Labute approximate surface area is 111 Å². The van der Waals surface area contributed by atoms with E-state index in [0.29, 0.717) is 6.04 Å². The van der Waals surface area contributed by atoms with Gasteiger partial charge in [-0.05, 0) is 50.4 Å². The standard InChI is InChI=1S/C16H26N2/c1-12(2)11-18(16-9-10-16)15-7-5-14(6-8-15)13(3)17-4/h5-8,12-13,16-17H,9-11H2,1-4H3. The van der Waals surface area contributed by atoms with E-state index in [1.165, 1.54) is 30.6 Å². The van der Waals surface area contributed by atoms with E-state index in [2.05, 4.69) is 55.3 Å². The van der Waals surface area contributed by atoms with Crippen LogP contribution in [0.25, 0.3) is 0 Å². The molecule has 0 saturated heterocycles. The van der Waals surface area contributed by atoms with Crippen LogP contribution in [-0.2, 0) is 0 Å². The summed E-state index contributed by atoms with van der Waals surface area (Å²) in [7, 11) is 2.01. The third-order valence-electron chi connectivity index (χ3n) is 3.71. The van der Waals surface area contributed by atoms with Crippen LogP contribution in [-0.4, -0.2) is 19.6 Å². The second-order valence-corrected chi connectivity index (χ2v) is 5.88. The van der Waals surface area contributed by atoms with Crippen molar-refractivity contribution in [2.45, 2.75) is 45.7 Å². The van der Waals surface area contributed by atoms with Crippen LogP contribution in [0.2, 0.25) is 0 Å². The molecule has 0 spiro atoms. The number of nitrogens with one attached hydrogen (secondary N) is 1. The first kappa shape index (κ1) is 13.4. The second kappa shape index (κ2) is 5.75. The van der Waals surface area contributed by atoms with Crippen molar-refractivity contribution in [2.75, 3.05) is 18.5 Å². The highest BCUT2D eigenvalue weighted by Gasteiger charge is 2.29. The van der Waals surface area contributed by atoms with Crippen molar-refractivity contribution in [1.82, 2.24) is 5.32 Å². The lowest BCUT2D eigenvalue weighted by molar-refractivity contribution is 0.607. The molecule has 0 aliphatic heterocycles. The topological polar surface area (TPSA) is 15.3 Å². The van der Waals surface area contributed by atoms with E-state index in [1.54, 1.807) is 0 Å². The first-order valence-electron chi connectivity index (χ1n) is 7.15. The molecule has 2 nitrogen and oxygen atoms in total. The van der Waals surface area contributed by atoms with Crippen molar-refractivity contribution in [2.24, 2.45) is 5.92 Å². The Morgan fingerprint density at radius 2 is 1.78 bits per heavy atom. The Bertz CT molecular complexity index is 365. The van der Waals surface area contributed by atoms with E-state index < -0.39 is 0 Å². The molecule has 0 aromatic heterocycles. The molecule has 1 aliphatic carbocycles. The van der Waals surface area contributed by atoms with Crippen LogP contribution in [0.4, 0.5) is 5.69 Å². The molecule has 1 unspecified atom stereocenters. The van der Waals surface area contributed by atoms with Crippen molar-refractivity contribution in [3.05, 3.63) is 29.8 Å². The summed E-state index contributed by atoms with van der Waals surface area (Å²) in [6, 6.07) is 10.3. The summed E-state index contributed by atoms with van der Waals surface area (Å²) < 4.78 is 0. The minimum atomic E-state index is 0.429. The van der Waals surface area contributed by atoms with E-state index in [4.69, 9.17) is 0 Å². The molecular weight excluding hydrogens is 220 g/mol. The number of hydrogen-bond donors (Lipinski definition) is 1. The SMILES string of the molecule is CNC(C)c1ccc(N(CC(C)C)C2CC2)cc1. The lowest BCUT2D eigenvalue weighted by Gasteiger charge is -2.27. The minimum Gasteiger partial charge on any atom is -0.368 e. The van der Waals surface area contributed by atoms with Gasteiger partial charge in [0.05, 0.1) is 0 Å². The monoisotopic (exact) mass is 246 g/mol. The van der Waals surface area contributed by atoms with Crippen LogP contribution in [0.1, 0.15) is 45.2 Å². The molecule has 0 amide bonds. The van der Waals surface area contributed by atoms with Crippen LogP contribution < -0.4 is 10.2 Å². The fourth-order valence-corrected chi connectivity index (χ4v) is 2.37. The molecule has 2 heteroatoms. The number of nitrogens with zero attached hydrogens (tertiary/aromatic N) is 1. The maximum Gasteiger partial charge on any atom is 0.0369 e. The van der Waals surface area contributed by atoms with Crippen molar-refractivity contribution in [3.63, 3.8) is 0 Å². The van der Waals surface area contributed by atoms with Crippen molar-refractivity contribution in [3.8, 4) is 0 Å². The number of rotatable bonds is 6. The van der Waals surface area contributed by atoms with Gasteiger partial charge in [0.2, 0.25) is 0 Å². The van der Waals surface area contributed by atoms with Crippen LogP contribution in [0.5, 0.6) is 0 Å². The second-order valence-electron chi connectivity index (χ2n) is 5.88. The van der Waals surface area contributed by atoms with Gasteiger partial charge in [-0.25, -0.2) is 0 Å². The average Bonchev–Trinajstić information content (AvgIpc) is 3.19. The highest BCUT2D eigenvalue weighted by molar-refractivity contribution is 5.50. The van der Waals surface area contributed by atoms with Gasteiger partial charge in [-0.2, -0.15) is 0 Å². The third kappa shape index (κ3) is 3.26. The summed E-state index contributed by atoms with van der Waals surface area (Å²) in [5, 5.41) is 3.28. The van der Waals surface area contributed by atoms with E-state index >= 15 is 0 Å². The molecule has 1 N–H and O–H groups in total. The van der Waals surface area contributed by atoms with E-state index in [0.717, 1.165) is 12.0 Å². The van der Waals surface area contributed by atoms with E-state index in [-0.39, 0.29) is 0 Å². The van der Waals surface area contributed by atoms with Crippen LogP contribution >= 0.6 is 0 Å². The zero-order valence-electron chi connectivity index (χ0n) is 12.1. The maximum atomic E-state index is 3.28. The third-order valence-corrected chi connectivity index (χ3v) is 3.71. The molecule has 1 fully saturated rings. The lowest BCUT2D eigenvalue weighted by atomic mass is 10.1. The molecule has 1 aromatic carbocycles. The van der Waals surface area contributed by atoms with Crippen LogP contribution in [0, 0.1) is 5.92 Å². The maximum absolute atomic E-state index is 3.28. The van der Waals surface area contributed by atoms with Crippen LogP contribution in [0.3, 0.4) is 0 Å². The molecule has 1 aliphatic rings. The Balaban J connectivity index is 2.10. The number of anilines is 1. The predicted molar refractivity (Wildman–Crippen MR) is 79.1 cm³/mol. The van der Waals surface area contributed by atoms with Gasteiger partial charge in [-0.3, -0.25) is 0 Å². The Morgan fingerprint density at radius 3 is 2.22 bits per heavy atom. The summed E-state index contributed by atoms with van der Waals surface area (Å²) in [5.41, 5.74) is 2.75. The normalized spacial score (nSPS) is 16.9. The molecule has 0 bridgehead atoms. The average molecular weight is 246 g/mol. The first-order chi connectivity index (χ1) is 8.61. The zero-order valence-corrected chi connectivity index (χ0v) is 12.1. The Morgan fingerprint density at radius 1 is 1.17 bits per heavy atom. The van der Waals surface area contributed by atoms with Gasteiger partial charge in [0.25, 0.3) is 0 Å². The molecule has 0 radical (unpaired) electrons. The summed E-state index contributed by atoms with van der Waals surface area (Å²) >= 11 is 0.